The number of carbonyl (C=O) groups excluding carboxylic acids is 1. The molecule has 0 radical (unpaired) electrons. The molecule has 0 bridgehead atoms. The van der Waals surface area contributed by atoms with Crippen molar-refractivity contribution in [2.24, 2.45) is 0 Å². The Hall–Kier alpha value is -1.98. The Balaban J connectivity index is 0.00000156. The molecule has 3 rings (SSSR count). The summed E-state index contributed by atoms with van der Waals surface area (Å²) in [5.74, 6) is -0.114. The number of piperazine rings is 1. The molecule has 0 aromatic heterocycles. The molecule has 0 spiro atoms. The molecule has 1 aliphatic rings. The van der Waals surface area contributed by atoms with Crippen LogP contribution >= 0.6 is 24.8 Å². The molecule has 0 atom stereocenters. The number of nitrogens with zero attached hydrogens (tertiary/aromatic N) is 2. The van der Waals surface area contributed by atoms with E-state index in [2.05, 4.69) is 0 Å². The zero-order chi connectivity index (χ0) is 16.2. The Labute approximate surface area is 159 Å². The molecule has 1 fully saturated rings. The lowest BCUT2D eigenvalue weighted by Gasteiger charge is -2.36. The van der Waals surface area contributed by atoms with E-state index in [1.807, 2.05) is 28.0 Å². The van der Waals surface area contributed by atoms with Crippen LogP contribution in [0.1, 0.15) is 5.56 Å². The van der Waals surface area contributed by atoms with Crippen molar-refractivity contribution in [2.45, 2.75) is 6.42 Å². The van der Waals surface area contributed by atoms with Gasteiger partial charge in [0.05, 0.1) is 12.1 Å². The van der Waals surface area contributed by atoms with E-state index in [9.17, 15) is 9.18 Å². The zero-order valence-corrected chi connectivity index (χ0v) is 15.4. The second-order valence-electron chi connectivity index (χ2n) is 5.74. The van der Waals surface area contributed by atoms with Gasteiger partial charge < -0.3 is 15.5 Å². The van der Waals surface area contributed by atoms with Gasteiger partial charge in [0, 0.05) is 31.9 Å². The Morgan fingerprint density at radius 2 is 1.56 bits per heavy atom. The molecule has 0 unspecified atom stereocenters. The van der Waals surface area contributed by atoms with Crippen molar-refractivity contribution in [1.29, 1.82) is 0 Å². The minimum atomic E-state index is -0.214. The number of nitrogens with two attached hydrogens (primary N) is 1. The van der Waals surface area contributed by atoms with Crippen LogP contribution < -0.4 is 10.6 Å². The van der Waals surface area contributed by atoms with Gasteiger partial charge in [-0.3, -0.25) is 4.79 Å². The van der Waals surface area contributed by atoms with Gasteiger partial charge in [-0.25, -0.2) is 4.39 Å². The number of halogens is 3. The van der Waals surface area contributed by atoms with E-state index in [0.717, 1.165) is 5.56 Å². The van der Waals surface area contributed by atoms with Crippen LogP contribution in [0.5, 0.6) is 0 Å². The van der Waals surface area contributed by atoms with Crippen molar-refractivity contribution in [3.63, 3.8) is 0 Å². The molecule has 1 amide bonds. The van der Waals surface area contributed by atoms with Gasteiger partial charge >= 0.3 is 0 Å². The summed E-state index contributed by atoms with van der Waals surface area (Å²) in [6.45, 7) is 2.52. The standard InChI is InChI=1S/C18H20FN3O.2ClH/c19-16-3-1-2-4-17(16)21-9-11-22(12-10-21)18(23)13-14-5-7-15(20)8-6-14;;/h1-8H,9-13,20H2;2*1H. The molecular weight excluding hydrogens is 364 g/mol. The Morgan fingerprint density at radius 3 is 2.16 bits per heavy atom. The highest BCUT2D eigenvalue weighted by Crippen LogP contribution is 2.20. The average Bonchev–Trinajstić information content (AvgIpc) is 2.57. The number of anilines is 2. The number of nitrogen functional groups attached to an aromatic ring is 1. The fourth-order valence-electron chi connectivity index (χ4n) is 2.83. The molecule has 1 aliphatic heterocycles. The van der Waals surface area contributed by atoms with Crippen molar-refractivity contribution in [2.75, 3.05) is 36.8 Å². The third kappa shape index (κ3) is 5.25. The van der Waals surface area contributed by atoms with Crippen LogP contribution in [0.3, 0.4) is 0 Å². The van der Waals surface area contributed by atoms with Crippen LogP contribution in [0.4, 0.5) is 15.8 Å². The molecule has 136 valence electrons. The fourth-order valence-corrected chi connectivity index (χ4v) is 2.83. The topological polar surface area (TPSA) is 49.6 Å². The van der Waals surface area contributed by atoms with E-state index >= 15 is 0 Å². The summed E-state index contributed by atoms with van der Waals surface area (Å²) in [6.07, 6.45) is 0.375. The Kier molecular flexibility index (Phi) is 8.00. The summed E-state index contributed by atoms with van der Waals surface area (Å²) in [5, 5.41) is 0. The molecular formula is C18H22Cl2FN3O. The van der Waals surface area contributed by atoms with Gasteiger partial charge in [0.25, 0.3) is 0 Å². The van der Waals surface area contributed by atoms with E-state index in [1.54, 1.807) is 24.3 Å². The highest BCUT2D eigenvalue weighted by atomic mass is 35.5. The third-order valence-electron chi connectivity index (χ3n) is 4.16. The molecule has 2 N–H and O–H groups in total. The molecule has 4 nitrogen and oxygen atoms in total. The first-order valence-electron chi connectivity index (χ1n) is 7.75. The van der Waals surface area contributed by atoms with E-state index in [-0.39, 0.29) is 36.5 Å². The average molecular weight is 386 g/mol. The molecule has 2 aromatic carbocycles. The second kappa shape index (κ2) is 9.49. The number of rotatable bonds is 3. The lowest BCUT2D eigenvalue weighted by Crippen LogP contribution is -2.49. The van der Waals surface area contributed by atoms with Gasteiger partial charge in [0.2, 0.25) is 5.91 Å². The number of benzene rings is 2. The molecule has 1 saturated heterocycles. The second-order valence-corrected chi connectivity index (χ2v) is 5.74. The SMILES string of the molecule is Cl.Cl.Nc1ccc(CC(=O)N2CCN(c3ccccc3F)CC2)cc1. The minimum absolute atomic E-state index is 0. The molecule has 1 heterocycles. The van der Waals surface area contributed by atoms with Gasteiger partial charge in [-0.1, -0.05) is 24.3 Å². The third-order valence-corrected chi connectivity index (χ3v) is 4.16. The summed E-state index contributed by atoms with van der Waals surface area (Å²) in [4.78, 5) is 16.2. The first-order valence-corrected chi connectivity index (χ1v) is 7.75. The Morgan fingerprint density at radius 1 is 0.960 bits per heavy atom. The quantitative estimate of drug-likeness (QED) is 0.825. The summed E-state index contributed by atoms with van der Waals surface area (Å²) in [7, 11) is 0. The lowest BCUT2D eigenvalue weighted by molar-refractivity contribution is -0.130. The van der Waals surface area contributed by atoms with Gasteiger partial charge in [0.1, 0.15) is 5.82 Å². The number of para-hydroxylation sites is 1. The van der Waals surface area contributed by atoms with Crippen molar-refractivity contribution in [1.82, 2.24) is 4.90 Å². The van der Waals surface area contributed by atoms with Gasteiger partial charge in [-0.15, -0.1) is 24.8 Å². The number of amides is 1. The van der Waals surface area contributed by atoms with Crippen molar-refractivity contribution < 1.29 is 9.18 Å². The predicted octanol–water partition coefficient (Wildman–Crippen LogP) is 3.14. The number of hydrogen-bond donors (Lipinski definition) is 1. The van der Waals surface area contributed by atoms with Gasteiger partial charge in [-0.2, -0.15) is 0 Å². The highest BCUT2D eigenvalue weighted by Gasteiger charge is 2.22. The van der Waals surface area contributed by atoms with Gasteiger partial charge in [0.15, 0.2) is 0 Å². The van der Waals surface area contributed by atoms with Crippen LogP contribution in [0.15, 0.2) is 48.5 Å². The zero-order valence-electron chi connectivity index (χ0n) is 13.7. The summed E-state index contributed by atoms with van der Waals surface area (Å²) >= 11 is 0. The van der Waals surface area contributed by atoms with Crippen LogP contribution in [-0.4, -0.2) is 37.0 Å². The van der Waals surface area contributed by atoms with E-state index in [1.165, 1.54) is 6.07 Å². The smallest absolute Gasteiger partial charge is 0.227 e. The molecule has 25 heavy (non-hydrogen) atoms. The minimum Gasteiger partial charge on any atom is -0.399 e. The maximum atomic E-state index is 13.8. The van der Waals surface area contributed by atoms with Crippen molar-refractivity contribution in [3.8, 4) is 0 Å². The maximum absolute atomic E-state index is 13.8. The number of hydrogen-bond acceptors (Lipinski definition) is 3. The van der Waals surface area contributed by atoms with Crippen LogP contribution in [-0.2, 0) is 11.2 Å². The molecule has 7 heteroatoms. The Bertz CT molecular complexity index is 689. The molecule has 0 aliphatic carbocycles. The van der Waals surface area contributed by atoms with E-state index < -0.39 is 0 Å². The summed E-state index contributed by atoms with van der Waals surface area (Å²) in [6, 6.07) is 14.1. The van der Waals surface area contributed by atoms with Gasteiger partial charge in [-0.05, 0) is 29.8 Å². The number of carbonyl (C=O) groups is 1. The van der Waals surface area contributed by atoms with Crippen LogP contribution in [0.25, 0.3) is 0 Å². The van der Waals surface area contributed by atoms with E-state index in [0.29, 0.717) is 44.0 Å². The van der Waals surface area contributed by atoms with Crippen molar-refractivity contribution in [3.05, 3.63) is 59.9 Å². The largest absolute Gasteiger partial charge is 0.399 e. The van der Waals surface area contributed by atoms with E-state index in [4.69, 9.17) is 5.73 Å². The summed E-state index contributed by atoms with van der Waals surface area (Å²) < 4.78 is 13.8. The molecule has 2 aromatic rings. The monoisotopic (exact) mass is 385 g/mol. The van der Waals surface area contributed by atoms with Crippen LogP contribution in [0.2, 0.25) is 0 Å². The highest BCUT2D eigenvalue weighted by molar-refractivity contribution is 5.85. The fraction of sp³-hybridized carbons (Fsp3) is 0.278. The molecule has 0 saturated carbocycles. The lowest BCUT2D eigenvalue weighted by atomic mass is 10.1. The summed E-state index contributed by atoms with van der Waals surface area (Å²) in [5.41, 5.74) is 7.91. The maximum Gasteiger partial charge on any atom is 0.227 e. The van der Waals surface area contributed by atoms with Crippen LogP contribution in [0, 0.1) is 5.82 Å². The first-order chi connectivity index (χ1) is 11.1. The predicted molar refractivity (Wildman–Crippen MR) is 104 cm³/mol. The first kappa shape index (κ1) is 21.1. The van der Waals surface area contributed by atoms with Crippen molar-refractivity contribution >= 4 is 42.1 Å². The normalized spacial score (nSPS) is 13.6.